The largest absolute Gasteiger partial charge is 0.573 e. The third-order valence-corrected chi connectivity index (χ3v) is 1.91. The molecule has 1 unspecified atom stereocenters. The van der Waals surface area contributed by atoms with Gasteiger partial charge in [-0.1, -0.05) is 17.2 Å². The normalized spacial score (nSPS) is 13.2. The zero-order valence-electron chi connectivity index (χ0n) is 11.6. The lowest BCUT2D eigenvalue weighted by Crippen LogP contribution is -2.19. The number of nitrogens with zero attached hydrogens (tertiary/aromatic N) is 3. The SMILES string of the molecule is CS(=O)(=O)O.[N-]=[N+]=NC(c1ccc(OC(F)(F)F)cc1)C(F)(F)F. The molecule has 0 aliphatic heterocycles. The van der Waals surface area contributed by atoms with E-state index in [1.807, 2.05) is 0 Å². The summed E-state index contributed by atoms with van der Waals surface area (Å²) < 4.78 is 102. The lowest BCUT2D eigenvalue weighted by atomic mass is 10.1. The highest BCUT2D eigenvalue weighted by atomic mass is 32.2. The smallest absolute Gasteiger partial charge is 0.406 e. The van der Waals surface area contributed by atoms with Crippen molar-refractivity contribution in [1.29, 1.82) is 0 Å². The summed E-state index contributed by atoms with van der Waals surface area (Å²) >= 11 is 0. The molecule has 0 aliphatic rings. The minimum Gasteiger partial charge on any atom is -0.406 e. The molecule has 0 saturated heterocycles. The van der Waals surface area contributed by atoms with Crippen LogP contribution in [0.5, 0.6) is 5.75 Å². The quantitative estimate of drug-likeness (QED) is 0.280. The van der Waals surface area contributed by atoms with Gasteiger partial charge in [0, 0.05) is 4.91 Å². The van der Waals surface area contributed by atoms with Gasteiger partial charge in [0.1, 0.15) is 5.75 Å². The Kier molecular flexibility index (Phi) is 7.34. The zero-order chi connectivity index (χ0) is 19.2. The van der Waals surface area contributed by atoms with Crippen molar-refractivity contribution in [3.63, 3.8) is 0 Å². The maximum atomic E-state index is 12.5. The molecule has 0 fully saturated rings. The van der Waals surface area contributed by atoms with Gasteiger partial charge in [0.2, 0.25) is 0 Å². The molecule has 1 aromatic rings. The standard InChI is InChI=1S/C9H5F6N3O.CH4O3S/c10-8(11,12)7(17-18-16)5-1-3-6(4-2-5)19-9(13,14)15;1-5(2,3)4/h1-4,7H;1H3,(H,2,3,4). The van der Waals surface area contributed by atoms with E-state index in [4.69, 9.17) is 10.1 Å². The van der Waals surface area contributed by atoms with E-state index in [2.05, 4.69) is 14.8 Å². The monoisotopic (exact) mass is 381 g/mol. The maximum absolute atomic E-state index is 12.5. The highest BCUT2D eigenvalue weighted by Crippen LogP contribution is 2.37. The Bertz CT molecular complexity index is 672. The number of hydrogen-bond donors (Lipinski definition) is 1. The van der Waals surface area contributed by atoms with Crippen molar-refractivity contribution in [2.24, 2.45) is 5.11 Å². The molecule has 1 N–H and O–H groups in total. The lowest BCUT2D eigenvalue weighted by molar-refractivity contribution is -0.274. The Balaban J connectivity index is 0.000000922. The third kappa shape index (κ3) is 10.5. The van der Waals surface area contributed by atoms with Crippen LogP contribution in [0.2, 0.25) is 0 Å². The van der Waals surface area contributed by atoms with Crippen LogP contribution >= 0.6 is 0 Å². The summed E-state index contributed by atoms with van der Waals surface area (Å²) in [6.45, 7) is 0. The first kappa shape index (κ1) is 21.8. The van der Waals surface area contributed by atoms with Gasteiger partial charge < -0.3 is 4.74 Å². The van der Waals surface area contributed by atoms with Gasteiger partial charge in [-0.25, -0.2) is 0 Å². The number of rotatable bonds is 3. The minimum absolute atomic E-state index is 0.486. The summed E-state index contributed by atoms with van der Waals surface area (Å²) in [6, 6.07) is 0.433. The van der Waals surface area contributed by atoms with Crippen LogP contribution in [-0.4, -0.2) is 31.8 Å². The number of halogens is 6. The molecule has 7 nitrogen and oxygen atoms in total. The summed E-state index contributed by atoms with van der Waals surface area (Å²) in [5, 5.41) is 2.56. The molecule has 14 heteroatoms. The van der Waals surface area contributed by atoms with E-state index in [0.717, 1.165) is 12.1 Å². The van der Waals surface area contributed by atoms with E-state index in [1.54, 1.807) is 0 Å². The number of benzene rings is 1. The molecule has 0 saturated carbocycles. The lowest BCUT2D eigenvalue weighted by Gasteiger charge is -2.16. The molecule has 0 spiro atoms. The molecule has 1 rings (SSSR count). The first-order chi connectivity index (χ1) is 10.6. The maximum Gasteiger partial charge on any atom is 0.573 e. The number of hydrogen-bond acceptors (Lipinski definition) is 4. The minimum atomic E-state index is -4.93. The van der Waals surface area contributed by atoms with E-state index in [9.17, 15) is 34.8 Å². The summed E-state index contributed by atoms with van der Waals surface area (Å²) in [4.78, 5) is 2.05. The van der Waals surface area contributed by atoms with E-state index >= 15 is 0 Å². The van der Waals surface area contributed by atoms with Crippen molar-refractivity contribution < 1.29 is 44.0 Å². The van der Waals surface area contributed by atoms with Crippen LogP contribution in [-0.2, 0) is 10.1 Å². The van der Waals surface area contributed by atoms with Crippen molar-refractivity contribution in [2.45, 2.75) is 18.6 Å². The molecule has 1 atom stereocenters. The van der Waals surface area contributed by atoms with Crippen LogP contribution in [0.3, 0.4) is 0 Å². The van der Waals surface area contributed by atoms with Crippen molar-refractivity contribution in [1.82, 2.24) is 0 Å². The van der Waals surface area contributed by atoms with Crippen LogP contribution in [0.4, 0.5) is 26.3 Å². The average Bonchev–Trinajstić information content (AvgIpc) is 2.32. The molecule has 0 aromatic heterocycles. The van der Waals surface area contributed by atoms with Crippen molar-refractivity contribution in [3.05, 3.63) is 40.3 Å². The second-order valence-electron chi connectivity index (χ2n) is 4.00. The molecule has 0 aliphatic carbocycles. The van der Waals surface area contributed by atoms with Gasteiger partial charge >= 0.3 is 12.5 Å². The second-order valence-corrected chi connectivity index (χ2v) is 5.46. The van der Waals surface area contributed by atoms with Crippen LogP contribution in [0, 0.1) is 0 Å². The average molecular weight is 381 g/mol. The Morgan fingerprint density at radius 1 is 1.17 bits per heavy atom. The van der Waals surface area contributed by atoms with Crippen molar-refractivity contribution >= 4 is 10.1 Å². The van der Waals surface area contributed by atoms with E-state index in [1.165, 1.54) is 0 Å². The molecular formula is C10H9F6N3O4S. The molecule has 0 amide bonds. The topological polar surface area (TPSA) is 112 Å². The molecule has 0 bridgehead atoms. The molecule has 0 heterocycles. The van der Waals surface area contributed by atoms with Gasteiger partial charge in [0.25, 0.3) is 10.1 Å². The predicted octanol–water partition coefficient (Wildman–Crippen LogP) is 4.00. The Hall–Kier alpha value is -2.18. The summed E-state index contributed by atoms with van der Waals surface area (Å²) in [7, 11) is -3.67. The number of azide groups is 1. The first-order valence-electron chi connectivity index (χ1n) is 5.52. The Labute approximate surface area is 131 Å². The molecule has 24 heavy (non-hydrogen) atoms. The van der Waals surface area contributed by atoms with Gasteiger partial charge in [-0.05, 0) is 23.2 Å². The Morgan fingerprint density at radius 3 is 1.88 bits per heavy atom. The van der Waals surface area contributed by atoms with Crippen LogP contribution in [0.1, 0.15) is 11.6 Å². The van der Waals surface area contributed by atoms with E-state index < -0.39 is 40.0 Å². The fourth-order valence-corrected chi connectivity index (χ4v) is 1.22. The molecule has 0 radical (unpaired) electrons. The van der Waals surface area contributed by atoms with Crippen LogP contribution in [0.25, 0.3) is 10.4 Å². The molecule has 136 valence electrons. The summed E-state index contributed by atoms with van der Waals surface area (Å²) in [6.07, 6.45) is -9.05. The highest BCUT2D eigenvalue weighted by molar-refractivity contribution is 7.85. The second kappa shape index (κ2) is 8.08. The van der Waals surface area contributed by atoms with E-state index in [-0.39, 0.29) is 0 Å². The molecular weight excluding hydrogens is 372 g/mol. The van der Waals surface area contributed by atoms with Crippen molar-refractivity contribution in [3.8, 4) is 5.75 Å². The Morgan fingerprint density at radius 2 is 1.58 bits per heavy atom. The van der Waals surface area contributed by atoms with Gasteiger partial charge in [0.05, 0.1) is 6.26 Å². The van der Waals surface area contributed by atoms with Gasteiger partial charge in [-0.3, -0.25) is 4.55 Å². The fourth-order valence-electron chi connectivity index (χ4n) is 1.22. The first-order valence-corrected chi connectivity index (χ1v) is 7.37. The van der Waals surface area contributed by atoms with Crippen LogP contribution < -0.4 is 4.74 Å². The fraction of sp³-hybridized carbons (Fsp3) is 0.400. The highest BCUT2D eigenvalue weighted by Gasteiger charge is 2.40. The summed E-state index contributed by atoms with van der Waals surface area (Å²) in [5.41, 5.74) is 7.57. The number of alkyl halides is 6. The number of ether oxygens (including phenoxy) is 1. The van der Waals surface area contributed by atoms with E-state index in [0.29, 0.717) is 18.4 Å². The zero-order valence-corrected chi connectivity index (χ0v) is 12.4. The van der Waals surface area contributed by atoms with Gasteiger partial charge in [-0.2, -0.15) is 21.6 Å². The summed E-state index contributed by atoms with van der Waals surface area (Å²) in [5.74, 6) is -0.668. The predicted molar refractivity (Wildman–Crippen MR) is 68.5 cm³/mol. The third-order valence-electron chi connectivity index (χ3n) is 1.91. The van der Waals surface area contributed by atoms with Gasteiger partial charge in [0.15, 0.2) is 6.04 Å². The van der Waals surface area contributed by atoms with Gasteiger partial charge in [-0.15, -0.1) is 13.2 Å². The van der Waals surface area contributed by atoms with Crippen LogP contribution in [0.15, 0.2) is 29.4 Å². The molecule has 1 aromatic carbocycles. The van der Waals surface area contributed by atoms with Crippen molar-refractivity contribution in [2.75, 3.05) is 6.26 Å².